The minimum atomic E-state index is -1.37. The van der Waals surface area contributed by atoms with Crippen LogP contribution in [-0.2, 0) is 19.7 Å². The van der Waals surface area contributed by atoms with E-state index in [9.17, 15) is 9.59 Å². The van der Waals surface area contributed by atoms with Crippen molar-refractivity contribution in [2.75, 3.05) is 18.7 Å². The van der Waals surface area contributed by atoms with Gasteiger partial charge in [0, 0.05) is 48.1 Å². The summed E-state index contributed by atoms with van der Waals surface area (Å²) in [5, 5.41) is 0. The molecule has 0 unspecified atom stereocenters. The summed E-state index contributed by atoms with van der Waals surface area (Å²) in [5.74, 6) is -2.56. The van der Waals surface area contributed by atoms with Crippen LogP contribution in [0.25, 0.3) is 5.57 Å². The maximum atomic E-state index is 15.0. The lowest BCUT2D eigenvalue weighted by atomic mass is 9.62. The van der Waals surface area contributed by atoms with E-state index in [0.717, 1.165) is 16.7 Å². The first-order chi connectivity index (χ1) is 20.1. The molecule has 6 heteroatoms. The summed E-state index contributed by atoms with van der Waals surface area (Å²) >= 11 is 0. The molecular weight excluding hydrogens is 512 g/mol. The van der Waals surface area contributed by atoms with E-state index >= 15 is 4.79 Å². The summed E-state index contributed by atoms with van der Waals surface area (Å²) in [6.45, 7) is -0.0109. The molecule has 202 valence electrons. The monoisotopic (exact) mass is 540 g/mol. The lowest BCUT2D eigenvalue weighted by Gasteiger charge is -2.37. The van der Waals surface area contributed by atoms with Crippen molar-refractivity contribution < 1.29 is 19.1 Å². The molecule has 1 aromatic heterocycles. The first kappa shape index (κ1) is 25.3. The van der Waals surface area contributed by atoms with Gasteiger partial charge in [-0.2, -0.15) is 0 Å². The highest BCUT2D eigenvalue weighted by atomic mass is 16.5. The molecule has 7 rings (SSSR count). The molecule has 0 radical (unpaired) electrons. The number of amides is 1. The predicted molar refractivity (Wildman–Crippen MR) is 155 cm³/mol. The Labute approximate surface area is 238 Å². The van der Waals surface area contributed by atoms with E-state index in [-0.39, 0.29) is 24.2 Å². The molecule has 41 heavy (non-hydrogen) atoms. The number of rotatable bonds is 6. The smallest absolute Gasteiger partial charge is 0.242 e. The van der Waals surface area contributed by atoms with Crippen molar-refractivity contribution in [1.82, 2.24) is 4.98 Å². The van der Waals surface area contributed by atoms with Gasteiger partial charge in [-0.25, -0.2) is 4.98 Å². The number of nitrogens with zero attached hydrogens (tertiary/aromatic N) is 2. The second-order valence-corrected chi connectivity index (χ2v) is 10.9. The standard InChI is InChI=1S/C35H28N2O4/c1-41-21-37-33-26(18-11-19-36-33)35(34(37)40)30(23-14-7-3-8-15-23)29-27(38)20-25(22-12-5-2-6-13-22)28(29)31(35)32(39)24-16-9-4-10-17-24/h2-20,28-31H,21H2,1H3/t28-,29+,30-,31-,35+/m1/s1. The van der Waals surface area contributed by atoms with E-state index in [1.165, 1.54) is 12.0 Å². The molecule has 1 saturated carbocycles. The summed E-state index contributed by atoms with van der Waals surface area (Å²) in [5.41, 5.74) is 2.35. The number of aromatic nitrogens is 1. The molecule has 1 amide bonds. The van der Waals surface area contributed by atoms with E-state index in [1.807, 2.05) is 84.9 Å². The van der Waals surface area contributed by atoms with Crippen LogP contribution in [-0.4, -0.2) is 36.3 Å². The van der Waals surface area contributed by atoms with E-state index in [1.54, 1.807) is 30.5 Å². The molecular formula is C35H28N2O4. The maximum absolute atomic E-state index is 15.0. The number of hydrogen-bond donors (Lipinski definition) is 0. The molecule has 3 aliphatic rings. The molecule has 1 spiro atoms. The Morgan fingerprint density at radius 3 is 2.20 bits per heavy atom. The lowest BCUT2D eigenvalue weighted by Crippen LogP contribution is -2.50. The summed E-state index contributed by atoms with van der Waals surface area (Å²) in [6.07, 6.45) is 3.35. The van der Waals surface area contributed by atoms with Crippen molar-refractivity contribution >= 4 is 28.9 Å². The largest absolute Gasteiger partial charge is 0.364 e. The van der Waals surface area contributed by atoms with Crippen LogP contribution in [0, 0.1) is 17.8 Å². The molecule has 3 aromatic carbocycles. The van der Waals surface area contributed by atoms with Gasteiger partial charge in [-0.3, -0.25) is 19.3 Å². The van der Waals surface area contributed by atoms with Crippen LogP contribution in [0.15, 0.2) is 115 Å². The van der Waals surface area contributed by atoms with Crippen LogP contribution in [0.3, 0.4) is 0 Å². The Balaban J connectivity index is 1.57. The fourth-order valence-electron chi connectivity index (χ4n) is 7.64. The number of carbonyl (C=O) groups excluding carboxylic acids is 3. The Bertz CT molecular complexity index is 1690. The van der Waals surface area contributed by atoms with Crippen molar-refractivity contribution in [3.05, 3.63) is 138 Å². The second kappa shape index (κ2) is 9.75. The van der Waals surface area contributed by atoms with Crippen molar-refractivity contribution in [3.8, 4) is 0 Å². The molecule has 2 heterocycles. The molecule has 0 bridgehead atoms. The number of fused-ring (bicyclic) bond motifs is 3. The first-order valence-electron chi connectivity index (χ1n) is 13.8. The molecule has 2 aliphatic carbocycles. The van der Waals surface area contributed by atoms with E-state index in [4.69, 9.17) is 4.74 Å². The normalized spacial score (nSPS) is 26.3. The Hall–Kier alpha value is -4.68. The fraction of sp³-hybridized carbons (Fsp3) is 0.200. The Kier molecular flexibility index (Phi) is 6.02. The van der Waals surface area contributed by atoms with Crippen LogP contribution < -0.4 is 4.90 Å². The van der Waals surface area contributed by atoms with Gasteiger partial charge in [0.1, 0.15) is 12.5 Å². The average molecular weight is 541 g/mol. The number of benzene rings is 3. The zero-order chi connectivity index (χ0) is 28.1. The third-order valence-electron chi connectivity index (χ3n) is 9.02. The van der Waals surface area contributed by atoms with E-state index in [2.05, 4.69) is 4.98 Å². The number of pyridine rings is 1. The molecule has 6 nitrogen and oxygen atoms in total. The van der Waals surface area contributed by atoms with Gasteiger partial charge >= 0.3 is 0 Å². The van der Waals surface area contributed by atoms with Gasteiger partial charge in [0.2, 0.25) is 5.91 Å². The highest BCUT2D eigenvalue weighted by Crippen LogP contribution is 2.69. The van der Waals surface area contributed by atoms with Crippen LogP contribution in [0.4, 0.5) is 5.82 Å². The van der Waals surface area contributed by atoms with Gasteiger partial charge in [0.05, 0.1) is 5.41 Å². The highest BCUT2D eigenvalue weighted by Gasteiger charge is 2.73. The fourth-order valence-corrected chi connectivity index (χ4v) is 7.64. The number of carbonyl (C=O) groups is 3. The SMILES string of the molecule is COCN1C(=O)[C@@]2(c3cccnc31)[C@H](c1ccccc1)[C@H]1C(=O)C=C(c3ccccc3)[C@H]1[C@@H]2C(=O)c1ccccc1. The number of ether oxygens (including phenoxy) is 1. The van der Waals surface area contributed by atoms with Gasteiger partial charge in [-0.1, -0.05) is 97.1 Å². The third-order valence-corrected chi connectivity index (χ3v) is 9.02. The van der Waals surface area contributed by atoms with E-state index in [0.29, 0.717) is 16.9 Å². The quantitative estimate of drug-likeness (QED) is 0.304. The summed E-state index contributed by atoms with van der Waals surface area (Å²) in [7, 11) is 1.53. The van der Waals surface area contributed by atoms with E-state index < -0.39 is 29.1 Å². The summed E-state index contributed by atoms with van der Waals surface area (Å²) < 4.78 is 5.48. The van der Waals surface area contributed by atoms with Crippen LogP contribution in [0.5, 0.6) is 0 Å². The number of methoxy groups -OCH3 is 1. The number of allylic oxidation sites excluding steroid dienone is 2. The topological polar surface area (TPSA) is 76.6 Å². The van der Waals surface area contributed by atoms with Gasteiger partial charge in [0.15, 0.2) is 11.6 Å². The highest BCUT2D eigenvalue weighted by molar-refractivity contribution is 6.17. The summed E-state index contributed by atoms with van der Waals surface area (Å²) in [6, 6.07) is 32.2. The predicted octanol–water partition coefficient (Wildman–Crippen LogP) is 5.47. The lowest BCUT2D eigenvalue weighted by molar-refractivity contribution is -0.126. The van der Waals surface area contributed by atoms with Crippen molar-refractivity contribution in [2.45, 2.75) is 11.3 Å². The zero-order valence-corrected chi connectivity index (χ0v) is 22.5. The molecule has 4 aromatic rings. The Morgan fingerprint density at radius 2 is 1.51 bits per heavy atom. The molecule has 1 aliphatic heterocycles. The van der Waals surface area contributed by atoms with Crippen LogP contribution in [0.2, 0.25) is 0 Å². The minimum Gasteiger partial charge on any atom is -0.364 e. The number of anilines is 1. The maximum Gasteiger partial charge on any atom is 0.242 e. The molecule has 0 saturated heterocycles. The van der Waals surface area contributed by atoms with Gasteiger partial charge in [0.25, 0.3) is 0 Å². The third kappa shape index (κ3) is 3.54. The molecule has 1 fully saturated rings. The number of Topliss-reactive ketones (excluding diaryl/α,β-unsaturated/α-hetero) is 1. The van der Waals surface area contributed by atoms with Gasteiger partial charge in [-0.05, 0) is 28.8 Å². The van der Waals surface area contributed by atoms with Crippen LogP contribution in [0.1, 0.15) is 33.0 Å². The number of hydrogen-bond acceptors (Lipinski definition) is 5. The molecule has 0 N–H and O–H groups in total. The second-order valence-electron chi connectivity index (χ2n) is 10.9. The number of ketones is 2. The van der Waals surface area contributed by atoms with Crippen molar-refractivity contribution in [2.24, 2.45) is 17.8 Å². The van der Waals surface area contributed by atoms with Crippen molar-refractivity contribution in [3.63, 3.8) is 0 Å². The first-order valence-corrected chi connectivity index (χ1v) is 13.8. The zero-order valence-electron chi connectivity index (χ0n) is 22.5. The molecule has 5 atom stereocenters. The van der Waals surface area contributed by atoms with Gasteiger partial charge in [-0.15, -0.1) is 0 Å². The van der Waals surface area contributed by atoms with Gasteiger partial charge < -0.3 is 4.74 Å². The van der Waals surface area contributed by atoms with Crippen molar-refractivity contribution in [1.29, 1.82) is 0 Å². The van der Waals surface area contributed by atoms with Crippen LogP contribution >= 0.6 is 0 Å². The Morgan fingerprint density at radius 1 is 0.854 bits per heavy atom. The summed E-state index contributed by atoms with van der Waals surface area (Å²) in [4.78, 5) is 50.2. The average Bonchev–Trinajstić information content (AvgIpc) is 3.61. The minimum absolute atomic E-state index is 0.0109.